The third-order valence-corrected chi connectivity index (χ3v) is 16.7. The molecule has 0 unspecified atom stereocenters. The summed E-state index contributed by atoms with van der Waals surface area (Å²) in [6.45, 7) is 11.0. The first-order chi connectivity index (χ1) is 45.9. The Kier molecular flexibility index (Phi) is 32.0. The van der Waals surface area contributed by atoms with Gasteiger partial charge >= 0.3 is 18.0 Å². The summed E-state index contributed by atoms with van der Waals surface area (Å²) in [5, 5.41) is 64.7. The number of anilines is 1. The second-order valence-electron chi connectivity index (χ2n) is 24.2. The standard InChI is InChI=1S/C64H97N11O21/c1-40(2)54(70-50(77)18-28-90-32-34-92-30-21-66-45-13-22-72(23-14-45)51(78)17-26-75-47(38-71(6)65-5)37-44-8-7-20-67-59(44)75)61(86)68-42(4)60(85)69-48-11-10-43(36-49(48)95-63-57(84)55(82)56(83)58(96-63)62(87)88)39-94-64(89)73-24-15-46(16-25-73)74(52(79)12-9-41(3)76)27-31-93-35-33-91-29-19-53(80)81/h7-8,10-11,20,36-37,40,42,45-46,54-58,63,65-66,82-84H,9,12-19,21-35,38-39H2,1-6H3,(H,68,86)(H,69,85)(H,70,77)(H,80,81)(H,87,88)/t42-,54-,55-,56-,57+,58-,63+/m0/s1. The van der Waals surface area contributed by atoms with Gasteiger partial charge in [0.15, 0.2) is 6.10 Å². The van der Waals surface area contributed by atoms with E-state index in [0.29, 0.717) is 58.6 Å². The lowest BCUT2D eigenvalue weighted by Crippen LogP contribution is -2.61. The monoisotopic (exact) mass is 1360 g/mol. The topological polar surface area (TPSA) is 410 Å². The number of hydrazine groups is 1. The van der Waals surface area contributed by atoms with Gasteiger partial charge in [0.1, 0.15) is 54.2 Å². The van der Waals surface area contributed by atoms with Crippen molar-refractivity contribution in [3.63, 3.8) is 0 Å². The van der Waals surface area contributed by atoms with Crippen LogP contribution in [0.1, 0.15) is 96.7 Å². The van der Waals surface area contributed by atoms with E-state index in [1.807, 2.05) is 36.1 Å². The van der Waals surface area contributed by atoms with E-state index in [1.54, 1.807) is 24.9 Å². The molecule has 3 aromatic rings. The number of aliphatic carboxylic acids is 2. The molecule has 3 aliphatic rings. The summed E-state index contributed by atoms with van der Waals surface area (Å²) in [5.41, 5.74) is 5.22. The quantitative estimate of drug-likeness (QED) is 0.0271. The van der Waals surface area contributed by atoms with Gasteiger partial charge in [-0.2, -0.15) is 0 Å². The summed E-state index contributed by atoms with van der Waals surface area (Å²) in [4.78, 5) is 125. The number of hydrogen-bond acceptors (Lipinski definition) is 23. The number of nitrogens with zero attached hydrogens (tertiary/aromatic N) is 6. The molecular weight excluding hydrogens is 1260 g/mol. The Balaban J connectivity index is 0.920. The number of benzene rings is 1. The minimum Gasteiger partial charge on any atom is -0.481 e. The molecule has 534 valence electrons. The van der Waals surface area contributed by atoms with Crippen molar-refractivity contribution in [2.75, 3.05) is 112 Å². The Labute approximate surface area is 557 Å². The average molecular weight is 1360 g/mol. The van der Waals surface area contributed by atoms with Crippen molar-refractivity contribution in [3.05, 3.63) is 53.9 Å². The fourth-order valence-electron chi connectivity index (χ4n) is 11.1. The number of carbonyl (C=O) groups excluding carboxylic acids is 7. The summed E-state index contributed by atoms with van der Waals surface area (Å²) in [6, 6.07) is 7.78. The molecule has 10 N–H and O–H groups in total. The van der Waals surface area contributed by atoms with Crippen molar-refractivity contribution < 1.29 is 102 Å². The number of hydrogen-bond donors (Lipinski definition) is 10. The van der Waals surface area contributed by atoms with Gasteiger partial charge < -0.3 is 104 Å². The largest absolute Gasteiger partial charge is 0.481 e. The molecule has 0 spiro atoms. The van der Waals surface area contributed by atoms with Crippen LogP contribution in [0.25, 0.3) is 11.0 Å². The lowest BCUT2D eigenvalue weighted by molar-refractivity contribution is -0.271. The molecule has 32 nitrogen and oxygen atoms in total. The van der Waals surface area contributed by atoms with Crippen LogP contribution in [0.3, 0.4) is 0 Å². The molecule has 3 saturated heterocycles. The van der Waals surface area contributed by atoms with Crippen LogP contribution in [-0.2, 0) is 86.5 Å². The van der Waals surface area contributed by atoms with Gasteiger partial charge in [-0.05, 0) is 88.4 Å². The van der Waals surface area contributed by atoms with Crippen molar-refractivity contribution >= 4 is 70.1 Å². The second-order valence-corrected chi connectivity index (χ2v) is 24.2. The van der Waals surface area contributed by atoms with Crippen LogP contribution in [0.5, 0.6) is 5.75 Å². The molecule has 5 heterocycles. The number of nitrogens with one attached hydrogen (secondary N) is 5. The van der Waals surface area contributed by atoms with E-state index in [-0.39, 0.29) is 145 Å². The maximum absolute atomic E-state index is 13.8. The number of aryl methyl sites for hydroxylation is 1. The number of piperidine rings is 2. The van der Waals surface area contributed by atoms with Gasteiger partial charge in [0.25, 0.3) is 0 Å². The van der Waals surface area contributed by atoms with Crippen molar-refractivity contribution in [2.45, 2.75) is 160 Å². The van der Waals surface area contributed by atoms with E-state index in [4.69, 9.17) is 38.3 Å². The lowest BCUT2D eigenvalue weighted by atomic mass is 9.99. The zero-order valence-corrected chi connectivity index (χ0v) is 55.7. The molecule has 0 aliphatic carbocycles. The molecule has 3 fully saturated rings. The van der Waals surface area contributed by atoms with Gasteiger partial charge in [0.2, 0.25) is 35.8 Å². The SMILES string of the molecule is CNN(C)Cc1cc2cccnc2n1CCC(=O)N1CCC(NCCOCCOCCC(=O)N[C@H](C(=O)N[C@@H](C)C(=O)Nc2ccc(COC(=O)N3CCC(N(CCOCCOCCC(=O)O)C(=O)CCC(C)=O)CC3)cc2O[C@@H]2O[C@H](C(=O)O)[C@@H](O)[C@H](O)[C@H]2O)C(C)C)CC1. The number of amides is 6. The average Bonchev–Trinajstić information content (AvgIpc) is 1.38. The number of carbonyl (C=O) groups is 9. The predicted octanol–water partition coefficient (Wildman–Crippen LogP) is 0.358. The zero-order valence-electron chi connectivity index (χ0n) is 55.7. The number of Topliss-reactive ketones (excluding diaryl/α,β-unsaturated/α-hetero) is 1. The van der Waals surface area contributed by atoms with Crippen LogP contribution in [0, 0.1) is 5.92 Å². The maximum atomic E-state index is 13.8. The van der Waals surface area contributed by atoms with Gasteiger partial charge in [-0.25, -0.2) is 19.6 Å². The van der Waals surface area contributed by atoms with Gasteiger partial charge in [-0.15, -0.1) is 0 Å². The Morgan fingerprint density at radius 2 is 1.41 bits per heavy atom. The van der Waals surface area contributed by atoms with Gasteiger partial charge in [0.05, 0.1) is 71.5 Å². The molecule has 1 aromatic carbocycles. The van der Waals surface area contributed by atoms with Crippen LogP contribution in [0.4, 0.5) is 10.5 Å². The van der Waals surface area contributed by atoms with Crippen molar-refractivity contribution in [2.24, 2.45) is 5.92 Å². The number of aliphatic hydroxyl groups is 3. The van der Waals surface area contributed by atoms with Crippen molar-refractivity contribution in [3.8, 4) is 5.75 Å². The molecule has 0 bridgehead atoms. The van der Waals surface area contributed by atoms with Gasteiger partial charge in [-0.1, -0.05) is 19.9 Å². The Morgan fingerprint density at radius 1 is 0.740 bits per heavy atom. The molecule has 3 aliphatic heterocycles. The normalized spacial score (nSPS) is 19.2. The fourth-order valence-corrected chi connectivity index (χ4v) is 11.1. The zero-order chi connectivity index (χ0) is 69.8. The third kappa shape index (κ3) is 24.5. The van der Waals surface area contributed by atoms with Crippen molar-refractivity contribution in [1.82, 2.24) is 50.6 Å². The molecule has 6 rings (SSSR count). The van der Waals surface area contributed by atoms with Crippen LogP contribution in [0.2, 0.25) is 0 Å². The Morgan fingerprint density at radius 3 is 2.06 bits per heavy atom. The highest BCUT2D eigenvalue weighted by atomic mass is 16.7. The summed E-state index contributed by atoms with van der Waals surface area (Å²) in [5.74, 6) is -5.60. The number of aliphatic hydroxyl groups excluding tert-OH is 3. The molecule has 32 heteroatoms. The number of carboxylic acids is 2. The minimum absolute atomic E-state index is 0.00750. The molecular formula is C64H97N11O21. The number of ether oxygens (including phenoxy) is 7. The van der Waals surface area contributed by atoms with E-state index < -0.39 is 84.5 Å². The minimum atomic E-state index is -2.05. The van der Waals surface area contributed by atoms with Crippen LogP contribution >= 0.6 is 0 Å². The van der Waals surface area contributed by atoms with E-state index in [9.17, 15) is 63.6 Å². The van der Waals surface area contributed by atoms with E-state index in [1.165, 1.54) is 36.9 Å². The first kappa shape index (κ1) is 77.5. The molecule has 0 saturated carbocycles. The van der Waals surface area contributed by atoms with Gasteiger partial charge in [-0.3, -0.25) is 34.2 Å². The number of carboxylic acid groups (broad SMARTS) is 2. The first-order valence-electron chi connectivity index (χ1n) is 32.6. The van der Waals surface area contributed by atoms with Crippen LogP contribution in [0.15, 0.2) is 42.6 Å². The number of likely N-dealkylation sites (tertiary alicyclic amines) is 2. The lowest BCUT2D eigenvalue weighted by Gasteiger charge is -2.38. The van der Waals surface area contributed by atoms with Crippen molar-refractivity contribution in [1.29, 1.82) is 0 Å². The Bertz CT molecular complexity index is 3030. The van der Waals surface area contributed by atoms with E-state index >= 15 is 0 Å². The molecule has 7 atom stereocenters. The predicted molar refractivity (Wildman–Crippen MR) is 343 cm³/mol. The number of ketones is 1. The molecule has 0 radical (unpaired) electrons. The van der Waals surface area contributed by atoms with Crippen LogP contribution < -0.4 is 31.4 Å². The maximum Gasteiger partial charge on any atom is 0.410 e. The molecule has 96 heavy (non-hydrogen) atoms. The highest BCUT2D eigenvalue weighted by Gasteiger charge is 2.48. The van der Waals surface area contributed by atoms with E-state index in [2.05, 4.69) is 42.3 Å². The van der Waals surface area contributed by atoms with Gasteiger partial charge in [0, 0.05) is 108 Å². The second kappa shape index (κ2) is 39.6. The van der Waals surface area contributed by atoms with Crippen LogP contribution in [-0.4, -0.2) is 269 Å². The summed E-state index contributed by atoms with van der Waals surface area (Å²) in [6.07, 6.45) is -6.43. The highest BCUT2D eigenvalue weighted by molar-refractivity contribution is 5.99. The first-order valence-corrected chi connectivity index (χ1v) is 32.6. The number of aromatic nitrogens is 2. The van der Waals surface area contributed by atoms with E-state index in [0.717, 1.165) is 29.6 Å². The third-order valence-electron chi connectivity index (χ3n) is 16.7. The summed E-state index contributed by atoms with van der Waals surface area (Å²) < 4.78 is 41.3. The number of pyridine rings is 1. The summed E-state index contributed by atoms with van der Waals surface area (Å²) >= 11 is 0. The fraction of sp³-hybridized carbons (Fsp3) is 0.656. The molecule has 2 aromatic heterocycles. The smallest absolute Gasteiger partial charge is 0.410 e. The molecule has 6 amide bonds. The number of rotatable bonds is 40. The highest BCUT2D eigenvalue weighted by Crippen LogP contribution is 2.32. The Hall–Kier alpha value is -7.50. The summed E-state index contributed by atoms with van der Waals surface area (Å²) in [7, 11) is 3.83. The number of fused-ring (bicyclic) bond motifs is 1.